The summed E-state index contributed by atoms with van der Waals surface area (Å²) in [5.74, 6) is -1.06. The van der Waals surface area contributed by atoms with Gasteiger partial charge in [0.25, 0.3) is 5.56 Å². The number of carbonyl (C=O) groups excluding carboxylic acids is 1. The van der Waals surface area contributed by atoms with Crippen molar-refractivity contribution in [3.8, 4) is 0 Å². The Morgan fingerprint density at radius 2 is 2.27 bits per heavy atom. The molecule has 0 bridgehead atoms. The van der Waals surface area contributed by atoms with E-state index in [9.17, 15) is 14.0 Å². The molecule has 26 heavy (non-hydrogen) atoms. The van der Waals surface area contributed by atoms with Gasteiger partial charge in [0.15, 0.2) is 0 Å². The van der Waals surface area contributed by atoms with E-state index in [0.717, 1.165) is 22.2 Å². The van der Waals surface area contributed by atoms with Crippen LogP contribution in [0, 0.1) is 12.7 Å². The Hall–Kier alpha value is -2.58. The molecule has 0 aliphatic heterocycles. The van der Waals surface area contributed by atoms with Crippen molar-refractivity contribution in [1.82, 2.24) is 9.66 Å². The number of fused-ring (bicyclic) bond motifs is 1. The zero-order valence-electron chi connectivity index (χ0n) is 13.8. The summed E-state index contributed by atoms with van der Waals surface area (Å²) >= 11 is 7.02. The summed E-state index contributed by atoms with van der Waals surface area (Å²) in [7, 11) is 0. The summed E-state index contributed by atoms with van der Waals surface area (Å²) in [6.07, 6.45) is 2.36. The number of hydrogen-bond donors (Lipinski definition) is 0. The molecule has 1 aromatic carbocycles. The van der Waals surface area contributed by atoms with E-state index in [4.69, 9.17) is 16.3 Å². The van der Waals surface area contributed by atoms with Gasteiger partial charge in [0.1, 0.15) is 21.9 Å². The Bertz CT molecular complexity index is 1070. The number of rotatable bonds is 4. The smallest absolute Gasteiger partial charge is 0.348 e. The molecule has 0 radical (unpaired) electrons. The van der Waals surface area contributed by atoms with Gasteiger partial charge in [-0.1, -0.05) is 17.7 Å². The van der Waals surface area contributed by atoms with Crippen molar-refractivity contribution in [2.45, 2.75) is 13.8 Å². The Morgan fingerprint density at radius 3 is 2.96 bits per heavy atom. The number of hydrogen-bond acceptors (Lipinski definition) is 6. The van der Waals surface area contributed by atoms with Gasteiger partial charge in [-0.2, -0.15) is 9.78 Å². The van der Waals surface area contributed by atoms with Gasteiger partial charge in [0, 0.05) is 5.56 Å². The number of esters is 1. The fraction of sp³-hybridized carbons (Fsp3) is 0.176. The highest BCUT2D eigenvalue weighted by molar-refractivity contribution is 7.20. The van der Waals surface area contributed by atoms with Crippen LogP contribution in [0.2, 0.25) is 5.02 Å². The summed E-state index contributed by atoms with van der Waals surface area (Å²) in [4.78, 5) is 29.5. The minimum absolute atomic E-state index is 0.0652. The third kappa shape index (κ3) is 3.25. The minimum atomic E-state index is -0.556. The molecule has 3 aromatic rings. The summed E-state index contributed by atoms with van der Waals surface area (Å²) in [5, 5.41) is 4.41. The van der Waals surface area contributed by atoms with Gasteiger partial charge in [0.05, 0.1) is 23.2 Å². The molecule has 0 saturated carbocycles. The van der Waals surface area contributed by atoms with Crippen molar-refractivity contribution >= 4 is 45.3 Å². The fourth-order valence-electron chi connectivity index (χ4n) is 2.34. The Morgan fingerprint density at radius 1 is 1.50 bits per heavy atom. The second-order valence-electron chi connectivity index (χ2n) is 5.23. The Labute approximate surface area is 156 Å². The van der Waals surface area contributed by atoms with Crippen LogP contribution in [0.15, 0.2) is 34.4 Å². The molecule has 0 aliphatic carbocycles. The first kappa shape index (κ1) is 18.2. The van der Waals surface area contributed by atoms with Crippen LogP contribution in [0.1, 0.15) is 27.7 Å². The van der Waals surface area contributed by atoms with Crippen LogP contribution in [0.5, 0.6) is 0 Å². The number of carbonyl (C=O) groups is 1. The van der Waals surface area contributed by atoms with E-state index in [0.29, 0.717) is 15.3 Å². The molecule has 2 heterocycles. The van der Waals surface area contributed by atoms with Gasteiger partial charge in [0.2, 0.25) is 0 Å². The molecule has 3 rings (SSSR count). The lowest BCUT2D eigenvalue weighted by atomic mass is 10.2. The number of aryl methyl sites for hydroxylation is 1. The molecular formula is C17H13ClFN3O3S. The van der Waals surface area contributed by atoms with Crippen LogP contribution in [0.3, 0.4) is 0 Å². The van der Waals surface area contributed by atoms with Crippen molar-refractivity contribution in [2.24, 2.45) is 5.10 Å². The lowest BCUT2D eigenvalue weighted by Gasteiger charge is -2.01. The molecule has 0 amide bonds. The number of halogens is 2. The second kappa shape index (κ2) is 7.35. The highest BCUT2D eigenvalue weighted by Gasteiger charge is 2.20. The normalized spacial score (nSPS) is 11.4. The van der Waals surface area contributed by atoms with E-state index in [2.05, 4.69) is 10.1 Å². The van der Waals surface area contributed by atoms with E-state index >= 15 is 0 Å². The maximum absolute atomic E-state index is 13.8. The average molecular weight is 394 g/mol. The van der Waals surface area contributed by atoms with Crippen molar-refractivity contribution in [3.63, 3.8) is 0 Å². The van der Waals surface area contributed by atoms with Gasteiger partial charge < -0.3 is 4.74 Å². The number of thiophene rings is 1. The molecule has 134 valence electrons. The summed E-state index contributed by atoms with van der Waals surface area (Å²) in [6, 6.07) is 4.23. The minimum Gasteiger partial charge on any atom is -0.462 e. The molecule has 0 N–H and O–H groups in total. The third-order valence-electron chi connectivity index (χ3n) is 3.61. The number of aromatic nitrogens is 2. The topological polar surface area (TPSA) is 73.5 Å². The van der Waals surface area contributed by atoms with Crippen LogP contribution in [-0.2, 0) is 4.74 Å². The zero-order valence-corrected chi connectivity index (χ0v) is 15.4. The number of benzene rings is 1. The second-order valence-corrected chi connectivity index (χ2v) is 6.64. The van der Waals surface area contributed by atoms with Crippen molar-refractivity contribution in [2.75, 3.05) is 6.61 Å². The van der Waals surface area contributed by atoms with Crippen LogP contribution < -0.4 is 5.56 Å². The molecule has 0 atom stereocenters. The number of ether oxygens (including phenoxy) is 1. The lowest BCUT2D eigenvalue weighted by Crippen LogP contribution is -2.17. The van der Waals surface area contributed by atoms with Crippen molar-refractivity contribution in [1.29, 1.82) is 0 Å². The molecule has 6 nitrogen and oxygen atoms in total. The van der Waals surface area contributed by atoms with E-state index in [-0.39, 0.29) is 22.6 Å². The Balaban J connectivity index is 2.07. The molecule has 2 aromatic heterocycles. The molecule has 0 saturated heterocycles. The first-order valence-corrected chi connectivity index (χ1v) is 8.79. The highest BCUT2D eigenvalue weighted by atomic mass is 35.5. The molecule has 0 spiro atoms. The number of nitrogens with zero attached hydrogens (tertiary/aromatic N) is 3. The quantitative estimate of drug-likeness (QED) is 0.501. The van der Waals surface area contributed by atoms with E-state index < -0.39 is 17.3 Å². The van der Waals surface area contributed by atoms with Crippen LogP contribution in [0.4, 0.5) is 4.39 Å². The predicted octanol–water partition coefficient (Wildman–Crippen LogP) is 3.62. The van der Waals surface area contributed by atoms with Gasteiger partial charge in [-0.05, 0) is 31.5 Å². The van der Waals surface area contributed by atoms with Gasteiger partial charge in [-0.25, -0.2) is 14.2 Å². The van der Waals surface area contributed by atoms with Crippen molar-refractivity contribution < 1.29 is 13.9 Å². The van der Waals surface area contributed by atoms with Crippen LogP contribution in [-0.4, -0.2) is 28.5 Å². The molecule has 9 heteroatoms. The standard InChI is InChI=1S/C17H13ClFN3O3S/c1-3-25-17(24)14-9(2)13-15(26-14)20-8-22(16(13)23)21-7-10-11(18)5-4-6-12(10)19/h4-8H,3H2,1-2H3/b21-7+. The van der Waals surface area contributed by atoms with E-state index in [1.165, 1.54) is 24.5 Å². The van der Waals surface area contributed by atoms with Crippen LogP contribution >= 0.6 is 22.9 Å². The predicted molar refractivity (Wildman–Crippen MR) is 99.0 cm³/mol. The Kier molecular flexibility index (Phi) is 5.15. The average Bonchev–Trinajstić information content (AvgIpc) is 2.94. The van der Waals surface area contributed by atoms with Crippen molar-refractivity contribution in [3.05, 3.63) is 61.7 Å². The third-order valence-corrected chi connectivity index (χ3v) is 5.12. The lowest BCUT2D eigenvalue weighted by molar-refractivity contribution is 0.0531. The van der Waals surface area contributed by atoms with E-state index in [1.54, 1.807) is 13.8 Å². The fourth-order valence-corrected chi connectivity index (χ4v) is 3.59. The summed E-state index contributed by atoms with van der Waals surface area (Å²) in [6.45, 7) is 3.59. The maximum Gasteiger partial charge on any atom is 0.348 e. The van der Waals surface area contributed by atoms with Crippen LogP contribution in [0.25, 0.3) is 10.2 Å². The highest BCUT2D eigenvalue weighted by Crippen LogP contribution is 2.27. The summed E-state index contributed by atoms with van der Waals surface area (Å²) < 4.78 is 19.8. The largest absolute Gasteiger partial charge is 0.462 e. The SMILES string of the molecule is CCOC(=O)c1sc2ncn(/N=C/c3c(F)cccc3Cl)c(=O)c2c1C. The molecule has 0 unspecified atom stereocenters. The van der Waals surface area contributed by atoms with Gasteiger partial charge in [-0.3, -0.25) is 4.79 Å². The monoisotopic (exact) mass is 393 g/mol. The molecule has 0 fully saturated rings. The first-order valence-electron chi connectivity index (χ1n) is 7.60. The first-order chi connectivity index (χ1) is 12.4. The van der Waals surface area contributed by atoms with E-state index in [1.807, 2.05) is 0 Å². The maximum atomic E-state index is 13.8. The van der Waals surface area contributed by atoms with Gasteiger partial charge in [-0.15, -0.1) is 11.3 Å². The molecular weight excluding hydrogens is 381 g/mol. The molecule has 0 aliphatic rings. The van der Waals surface area contributed by atoms with Gasteiger partial charge >= 0.3 is 5.97 Å². The zero-order chi connectivity index (χ0) is 18.8. The summed E-state index contributed by atoms with van der Waals surface area (Å²) in [5.41, 5.74) is 0.0767.